The second-order valence-electron chi connectivity index (χ2n) is 3.72. The predicted octanol–water partition coefficient (Wildman–Crippen LogP) is 1.88. The van der Waals surface area contributed by atoms with Crippen molar-refractivity contribution in [2.75, 3.05) is 24.7 Å². The van der Waals surface area contributed by atoms with E-state index in [-0.39, 0.29) is 5.60 Å². The molecule has 3 heteroatoms. The Kier molecular flexibility index (Phi) is 6.90. The number of nitrogens with two attached hydrogens (primary N) is 1. The van der Waals surface area contributed by atoms with Crippen LogP contribution in [-0.2, 0) is 4.74 Å². The van der Waals surface area contributed by atoms with E-state index in [1.54, 1.807) is 0 Å². The first-order chi connectivity index (χ1) is 5.56. The van der Waals surface area contributed by atoms with Crippen molar-refractivity contribution < 1.29 is 4.74 Å². The maximum atomic E-state index is 5.56. The molecule has 0 spiro atoms. The Morgan fingerprint density at radius 2 is 1.92 bits per heavy atom. The standard InChI is InChI=1S/C9H21NOS/c1-9(2,3)11-6-4-7-12-8-5-10/h4-8,10H2,1-3H3. The number of thioether (sulfide) groups is 1. The van der Waals surface area contributed by atoms with E-state index in [2.05, 4.69) is 20.8 Å². The Labute approximate surface area is 80.2 Å². The van der Waals surface area contributed by atoms with Gasteiger partial charge in [0, 0.05) is 18.9 Å². The van der Waals surface area contributed by atoms with Gasteiger partial charge in [0.1, 0.15) is 0 Å². The van der Waals surface area contributed by atoms with Crippen LogP contribution < -0.4 is 5.73 Å². The smallest absolute Gasteiger partial charge is 0.0598 e. The van der Waals surface area contributed by atoms with Gasteiger partial charge < -0.3 is 10.5 Å². The zero-order chi connectivity index (χ0) is 9.45. The minimum atomic E-state index is 0.0124. The van der Waals surface area contributed by atoms with Crippen molar-refractivity contribution >= 4 is 11.8 Å². The molecule has 0 unspecified atom stereocenters. The third-order valence-corrected chi connectivity index (χ3v) is 2.33. The molecule has 0 aliphatic rings. The first kappa shape index (κ1) is 12.3. The zero-order valence-corrected chi connectivity index (χ0v) is 9.25. The molecule has 0 aliphatic heterocycles. The fourth-order valence-electron chi connectivity index (χ4n) is 0.725. The van der Waals surface area contributed by atoms with Gasteiger partial charge in [-0.3, -0.25) is 0 Å². The Morgan fingerprint density at radius 3 is 2.42 bits per heavy atom. The van der Waals surface area contributed by atoms with Crippen molar-refractivity contribution in [3.8, 4) is 0 Å². The number of hydrogen-bond donors (Lipinski definition) is 1. The van der Waals surface area contributed by atoms with Crippen LogP contribution in [0.15, 0.2) is 0 Å². The topological polar surface area (TPSA) is 35.2 Å². The fourth-order valence-corrected chi connectivity index (χ4v) is 1.42. The van der Waals surface area contributed by atoms with Gasteiger partial charge in [0.15, 0.2) is 0 Å². The lowest BCUT2D eigenvalue weighted by atomic mass is 10.2. The van der Waals surface area contributed by atoms with Crippen molar-refractivity contribution in [3.63, 3.8) is 0 Å². The van der Waals surface area contributed by atoms with Gasteiger partial charge >= 0.3 is 0 Å². The predicted molar refractivity (Wildman–Crippen MR) is 56.7 cm³/mol. The highest BCUT2D eigenvalue weighted by Crippen LogP contribution is 2.08. The van der Waals surface area contributed by atoms with Gasteiger partial charge in [0.05, 0.1) is 5.60 Å². The van der Waals surface area contributed by atoms with Crippen LogP contribution >= 0.6 is 11.8 Å². The SMILES string of the molecule is CC(C)(C)OCCCSCCN. The van der Waals surface area contributed by atoms with E-state index in [4.69, 9.17) is 10.5 Å². The number of hydrogen-bond acceptors (Lipinski definition) is 3. The molecule has 0 fully saturated rings. The molecule has 0 aromatic carbocycles. The van der Waals surface area contributed by atoms with Gasteiger partial charge in [0.25, 0.3) is 0 Å². The average molecular weight is 191 g/mol. The van der Waals surface area contributed by atoms with E-state index in [1.807, 2.05) is 11.8 Å². The molecular formula is C9H21NOS. The molecule has 0 aliphatic carbocycles. The summed E-state index contributed by atoms with van der Waals surface area (Å²) in [5.74, 6) is 2.22. The van der Waals surface area contributed by atoms with Crippen LogP contribution in [0.5, 0.6) is 0 Å². The molecule has 2 nitrogen and oxygen atoms in total. The van der Waals surface area contributed by atoms with E-state index in [1.165, 1.54) is 0 Å². The third kappa shape index (κ3) is 10.3. The average Bonchev–Trinajstić information content (AvgIpc) is 1.94. The Balaban J connectivity index is 3.01. The highest BCUT2D eigenvalue weighted by molar-refractivity contribution is 7.99. The minimum absolute atomic E-state index is 0.0124. The van der Waals surface area contributed by atoms with Gasteiger partial charge in [-0.15, -0.1) is 0 Å². The van der Waals surface area contributed by atoms with Crippen LogP contribution in [0.2, 0.25) is 0 Å². The molecule has 0 saturated carbocycles. The monoisotopic (exact) mass is 191 g/mol. The highest BCUT2D eigenvalue weighted by atomic mass is 32.2. The van der Waals surface area contributed by atoms with Crippen molar-refractivity contribution in [1.82, 2.24) is 0 Å². The first-order valence-corrected chi connectivity index (χ1v) is 5.63. The minimum Gasteiger partial charge on any atom is -0.376 e. The van der Waals surface area contributed by atoms with Gasteiger partial charge in [-0.25, -0.2) is 0 Å². The van der Waals surface area contributed by atoms with E-state index in [9.17, 15) is 0 Å². The van der Waals surface area contributed by atoms with E-state index in [0.717, 1.165) is 31.1 Å². The summed E-state index contributed by atoms with van der Waals surface area (Å²) >= 11 is 1.90. The van der Waals surface area contributed by atoms with Gasteiger partial charge in [0.2, 0.25) is 0 Å². The number of rotatable bonds is 6. The second-order valence-corrected chi connectivity index (χ2v) is 4.94. The third-order valence-electron chi connectivity index (χ3n) is 1.23. The summed E-state index contributed by atoms with van der Waals surface area (Å²) in [6, 6.07) is 0. The summed E-state index contributed by atoms with van der Waals surface area (Å²) in [5.41, 5.74) is 5.37. The fraction of sp³-hybridized carbons (Fsp3) is 1.00. The second kappa shape index (κ2) is 6.75. The molecule has 0 atom stereocenters. The lowest BCUT2D eigenvalue weighted by molar-refractivity contribution is -0.00196. The van der Waals surface area contributed by atoms with Crippen LogP contribution in [0.4, 0.5) is 0 Å². The van der Waals surface area contributed by atoms with Crippen LogP contribution in [0, 0.1) is 0 Å². The molecule has 0 saturated heterocycles. The lowest BCUT2D eigenvalue weighted by Crippen LogP contribution is -2.20. The largest absolute Gasteiger partial charge is 0.376 e. The van der Waals surface area contributed by atoms with Crippen molar-refractivity contribution in [1.29, 1.82) is 0 Å². The van der Waals surface area contributed by atoms with Crippen LogP contribution in [-0.4, -0.2) is 30.3 Å². The maximum absolute atomic E-state index is 5.56. The van der Waals surface area contributed by atoms with Crippen molar-refractivity contribution in [2.24, 2.45) is 5.73 Å². The van der Waals surface area contributed by atoms with E-state index < -0.39 is 0 Å². The molecule has 2 N–H and O–H groups in total. The molecule has 0 radical (unpaired) electrons. The molecule has 0 rings (SSSR count). The maximum Gasteiger partial charge on any atom is 0.0598 e. The molecule has 0 aromatic heterocycles. The van der Waals surface area contributed by atoms with Gasteiger partial charge in [-0.2, -0.15) is 11.8 Å². The van der Waals surface area contributed by atoms with Crippen LogP contribution in [0.1, 0.15) is 27.2 Å². The van der Waals surface area contributed by atoms with Crippen LogP contribution in [0.3, 0.4) is 0 Å². The summed E-state index contributed by atoms with van der Waals surface area (Å²) in [6.07, 6.45) is 1.13. The summed E-state index contributed by atoms with van der Waals surface area (Å²) in [7, 11) is 0. The van der Waals surface area contributed by atoms with E-state index in [0.29, 0.717) is 0 Å². The number of ether oxygens (including phenoxy) is 1. The Bertz CT molecular complexity index is 101. The van der Waals surface area contributed by atoms with Crippen LogP contribution in [0.25, 0.3) is 0 Å². The molecule has 0 amide bonds. The molecule has 12 heavy (non-hydrogen) atoms. The van der Waals surface area contributed by atoms with Crippen molar-refractivity contribution in [3.05, 3.63) is 0 Å². The molecule has 0 aromatic rings. The Morgan fingerprint density at radius 1 is 1.25 bits per heavy atom. The Hall–Kier alpha value is 0.270. The molecule has 0 heterocycles. The summed E-state index contributed by atoms with van der Waals surface area (Å²) in [6.45, 7) is 7.89. The van der Waals surface area contributed by atoms with Crippen molar-refractivity contribution in [2.45, 2.75) is 32.8 Å². The van der Waals surface area contributed by atoms with Gasteiger partial charge in [-0.05, 0) is 32.9 Å². The quantitative estimate of drug-likeness (QED) is 0.651. The highest BCUT2D eigenvalue weighted by Gasteiger charge is 2.08. The lowest BCUT2D eigenvalue weighted by Gasteiger charge is -2.19. The van der Waals surface area contributed by atoms with Gasteiger partial charge in [-0.1, -0.05) is 0 Å². The first-order valence-electron chi connectivity index (χ1n) is 4.48. The molecule has 74 valence electrons. The molecular weight excluding hydrogens is 170 g/mol. The summed E-state index contributed by atoms with van der Waals surface area (Å²) < 4.78 is 5.56. The normalized spacial score (nSPS) is 12.0. The van der Waals surface area contributed by atoms with E-state index >= 15 is 0 Å². The molecule has 0 bridgehead atoms. The summed E-state index contributed by atoms with van der Waals surface area (Å²) in [5, 5.41) is 0. The summed E-state index contributed by atoms with van der Waals surface area (Å²) in [4.78, 5) is 0. The zero-order valence-electron chi connectivity index (χ0n) is 8.43.